The van der Waals surface area contributed by atoms with Gasteiger partial charge in [0.05, 0.1) is 0 Å². The van der Waals surface area contributed by atoms with Crippen LogP contribution in [0.5, 0.6) is 0 Å². The molecule has 1 N–H and O–H groups in total. The number of hydrogen-bond donors (Lipinski definition) is 1. The Bertz CT molecular complexity index is 491. The third-order valence-electron chi connectivity index (χ3n) is 4.37. The Hall–Kier alpha value is -0.520. The minimum atomic E-state index is 0. The Morgan fingerprint density at radius 3 is 3.05 bits per heavy atom. The van der Waals surface area contributed by atoms with Gasteiger partial charge >= 0.3 is 0 Å². The van der Waals surface area contributed by atoms with Crippen molar-refractivity contribution in [1.82, 2.24) is 14.8 Å². The highest BCUT2D eigenvalue weighted by molar-refractivity contribution is 9.10. The summed E-state index contributed by atoms with van der Waals surface area (Å²) in [5.74, 6) is 0.823. The molecular formula is C14H21BrClN3O. The molecule has 0 radical (unpaired) electrons. The van der Waals surface area contributed by atoms with Crippen molar-refractivity contribution in [3.63, 3.8) is 0 Å². The van der Waals surface area contributed by atoms with Gasteiger partial charge in [-0.3, -0.25) is 4.79 Å². The van der Waals surface area contributed by atoms with Crippen molar-refractivity contribution in [2.75, 3.05) is 19.6 Å². The molecule has 2 fully saturated rings. The Kier molecular flexibility index (Phi) is 5.15. The first-order valence-electron chi connectivity index (χ1n) is 7.07. The second-order valence-corrected chi connectivity index (χ2v) is 6.39. The molecule has 2 aliphatic heterocycles. The molecule has 2 aliphatic rings. The van der Waals surface area contributed by atoms with E-state index >= 15 is 0 Å². The summed E-state index contributed by atoms with van der Waals surface area (Å²) >= 11 is 3.46. The third kappa shape index (κ3) is 2.90. The lowest BCUT2D eigenvalue weighted by molar-refractivity contribution is 0.0651. The number of aryl methyl sites for hydroxylation is 1. The van der Waals surface area contributed by atoms with Gasteiger partial charge in [-0.2, -0.15) is 0 Å². The first-order valence-corrected chi connectivity index (χ1v) is 7.86. The molecule has 112 valence electrons. The van der Waals surface area contributed by atoms with E-state index in [0.717, 1.165) is 42.8 Å². The van der Waals surface area contributed by atoms with Crippen LogP contribution in [0, 0.1) is 5.92 Å². The first kappa shape index (κ1) is 15.9. The van der Waals surface area contributed by atoms with Gasteiger partial charge in [0.25, 0.3) is 5.91 Å². The predicted molar refractivity (Wildman–Crippen MR) is 85.5 cm³/mol. The van der Waals surface area contributed by atoms with E-state index in [-0.39, 0.29) is 18.3 Å². The van der Waals surface area contributed by atoms with Gasteiger partial charge < -0.3 is 14.8 Å². The Morgan fingerprint density at radius 1 is 1.50 bits per heavy atom. The minimum Gasteiger partial charge on any atom is -0.343 e. The maximum absolute atomic E-state index is 12.6. The number of piperidine rings is 1. The van der Waals surface area contributed by atoms with Crippen LogP contribution in [0.25, 0.3) is 0 Å². The van der Waals surface area contributed by atoms with E-state index in [1.54, 1.807) is 0 Å². The van der Waals surface area contributed by atoms with Crippen molar-refractivity contribution >= 4 is 34.2 Å². The van der Waals surface area contributed by atoms with Gasteiger partial charge in [-0.05, 0) is 54.2 Å². The van der Waals surface area contributed by atoms with Gasteiger partial charge in [-0.1, -0.05) is 0 Å². The molecule has 2 saturated heterocycles. The lowest BCUT2D eigenvalue weighted by atomic mass is 9.93. The monoisotopic (exact) mass is 361 g/mol. The van der Waals surface area contributed by atoms with Crippen molar-refractivity contribution in [1.29, 1.82) is 0 Å². The standard InChI is InChI=1S/C14H20BrN3O.ClH/c1-2-17-9-11(15)7-13(17)14(19)18-6-4-12-10(8-18)3-5-16-12;/h7,9-10,12,16H,2-6,8H2,1H3;1H. The van der Waals surface area contributed by atoms with Crippen LogP contribution in [-0.4, -0.2) is 41.1 Å². The molecule has 20 heavy (non-hydrogen) atoms. The lowest BCUT2D eigenvalue weighted by Crippen LogP contribution is -2.47. The zero-order chi connectivity index (χ0) is 13.4. The number of nitrogens with one attached hydrogen (secondary N) is 1. The van der Waals surface area contributed by atoms with Crippen LogP contribution < -0.4 is 5.32 Å². The van der Waals surface area contributed by atoms with Crippen LogP contribution in [0.3, 0.4) is 0 Å². The number of rotatable bonds is 2. The van der Waals surface area contributed by atoms with Crippen molar-refractivity contribution in [2.24, 2.45) is 5.92 Å². The number of carbonyl (C=O) groups is 1. The number of fused-ring (bicyclic) bond motifs is 1. The number of carbonyl (C=O) groups excluding carboxylic acids is 1. The summed E-state index contributed by atoms with van der Waals surface area (Å²) in [7, 11) is 0. The average molecular weight is 363 g/mol. The van der Waals surface area contributed by atoms with Crippen LogP contribution in [0.15, 0.2) is 16.7 Å². The van der Waals surface area contributed by atoms with Crippen molar-refractivity contribution < 1.29 is 4.79 Å². The second kappa shape index (κ2) is 6.50. The molecular weight excluding hydrogens is 342 g/mol. The number of aromatic nitrogens is 1. The van der Waals surface area contributed by atoms with E-state index in [0.29, 0.717) is 12.0 Å². The highest BCUT2D eigenvalue weighted by Crippen LogP contribution is 2.26. The number of likely N-dealkylation sites (tertiary alicyclic amines) is 1. The smallest absolute Gasteiger partial charge is 0.270 e. The molecule has 0 bridgehead atoms. The summed E-state index contributed by atoms with van der Waals surface area (Å²) in [5, 5.41) is 3.53. The van der Waals surface area contributed by atoms with Crippen LogP contribution in [0.1, 0.15) is 30.3 Å². The Morgan fingerprint density at radius 2 is 2.30 bits per heavy atom. The highest BCUT2D eigenvalue weighted by Gasteiger charge is 2.35. The molecule has 0 spiro atoms. The van der Waals surface area contributed by atoms with E-state index in [2.05, 4.69) is 28.2 Å². The lowest BCUT2D eigenvalue weighted by Gasteiger charge is -2.35. The van der Waals surface area contributed by atoms with Gasteiger partial charge in [0.2, 0.25) is 0 Å². The van der Waals surface area contributed by atoms with Crippen LogP contribution in [0.2, 0.25) is 0 Å². The molecule has 1 aromatic rings. The SMILES string of the molecule is CCn1cc(Br)cc1C(=O)N1CCC2NCCC2C1.Cl. The molecule has 0 aliphatic carbocycles. The van der Waals surface area contributed by atoms with Gasteiger partial charge in [-0.25, -0.2) is 0 Å². The summed E-state index contributed by atoms with van der Waals surface area (Å²) in [5.41, 5.74) is 0.804. The molecule has 6 heteroatoms. The minimum absolute atomic E-state index is 0. The molecule has 1 aromatic heterocycles. The first-order chi connectivity index (χ1) is 9.19. The average Bonchev–Trinajstić information content (AvgIpc) is 3.02. The third-order valence-corrected chi connectivity index (χ3v) is 4.80. The molecule has 0 aromatic carbocycles. The highest BCUT2D eigenvalue weighted by atomic mass is 79.9. The molecule has 0 saturated carbocycles. The van der Waals surface area contributed by atoms with Crippen LogP contribution >= 0.6 is 28.3 Å². The number of nitrogens with zero attached hydrogens (tertiary/aromatic N) is 2. The number of hydrogen-bond acceptors (Lipinski definition) is 2. The van der Waals surface area contributed by atoms with E-state index in [1.165, 1.54) is 6.42 Å². The largest absolute Gasteiger partial charge is 0.343 e. The molecule has 2 atom stereocenters. The summed E-state index contributed by atoms with van der Waals surface area (Å²) in [6.45, 7) is 5.78. The Labute approximate surface area is 134 Å². The Balaban J connectivity index is 0.00000147. The summed E-state index contributed by atoms with van der Waals surface area (Å²) in [6, 6.07) is 2.57. The maximum atomic E-state index is 12.6. The summed E-state index contributed by atoms with van der Waals surface area (Å²) < 4.78 is 3.00. The van der Waals surface area contributed by atoms with Gasteiger partial charge in [0.1, 0.15) is 5.69 Å². The molecule has 4 nitrogen and oxygen atoms in total. The maximum Gasteiger partial charge on any atom is 0.270 e. The van der Waals surface area contributed by atoms with E-state index in [9.17, 15) is 4.79 Å². The van der Waals surface area contributed by atoms with E-state index < -0.39 is 0 Å². The fourth-order valence-electron chi connectivity index (χ4n) is 3.31. The zero-order valence-electron chi connectivity index (χ0n) is 11.6. The molecule has 2 unspecified atom stereocenters. The fraction of sp³-hybridized carbons (Fsp3) is 0.643. The molecule has 1 amide bonds. The van der Waals surface area contributed by atoms with E-state index in [4.69, 9.17) is 0 Å². The van der Waals surface area contributed by atoms with Crippen molar-refractivity contribution in [3.8, 4) is 0 Å². The second-order valence-electron chi connectivity index (χ2n) is 5.48. The summed E-state index contributed by atoms with van der Waals surface area (Å²) in [4.78, 5) is 14.7. The normalized spacial score (nSPS) is 25.2. The van der Waals surface area contributed by atoms with Crippen molar-refractivity contribution in [3.05, 3.63) is 22.4 Å². The van der Waals surface area contributed by atoms with Crippen molar-refractivity contribution in [2.45, 2.75) is 32.4 Å². The van der Waals surface area contributed by atoms with Gasteiger partial charge in [0.15, 0.2) is 0 Å². The van der Waals surface area contributed by atoms with Crippen LogP contribution in [0.4, 0.5) is 0 Å². The van der Waals surface area contributed by atoms with E-state index in [1.807, 2.05) is 21.7 Å². The number of amides is 1. The molecule has 3 rings (SSSR count). The van der Waals surface area contributed by atoms with Gasteiger partial charge in [0, 0.05) is 36.3 Å². The van der Waals surface area contributed by atoms with Gasteiger partial charge in [-0.15, -0.1) is 12.4 Å². The summed E-state index contributed by atoms with van der Waals surface area (Å²) in [6.07, 6.45) is 4.27. The van der Waals surface area contributed by atoms with Crippen LogP contribution in [-0.2, 0) is 6.54 Å². The zero-order valence-corrected chi connectivity index (χ0v) is 14.0. The predicted octanol–water partition coefficient (Wildman–Crippen LogP) is 2.52. The topological polar surface area (TPSA) is 37.3 Å². The molecule has 3 heterocycles. The number of halogens is 2. The quantitative estimate of drug-likeness (QED) is 0.878. The fourth-order valence-corrected chi connectivity index (χ4v) is 3.77.